The fraction of sp³-hybridized carbons (Fsp3) is 0.588. The average Bonchev–Trinajstić information content (AvgIpc) is 2.46. The molecule has 0 unspecified atom stereocenters. The average molecular weight is 291 g/mol. The van der Waals surface area contributed by atoms with Gasteiger partial charge in [-0.3, -0.25) is 4.79 Å². The zero-order valence-electron chi connectivity index (χ0n) is 13.1. The van der Waals surface area contributed by atoms with Crippen molar-refractivity contribution in [3.8, 4) is 0 Å². The molecule has 0 saturated heterocycles. The van der Waals surface area contributed by atoms with Gasteiger partial charge in [-0.15, -0.1) is 0 Å². The highest BCUT2D eigenvalue weighted by Gasteiger charge is 2.41. The van der Waals surface area contributed by atoms with E-state index in [1.54, 1.807) is 14.0 Å². The first-order valence-electron chi connectivity index (χ1n) is 7.52. The van der Waals surface area contributed by atoms with Crippen LogP contribution < -0.4 is 5.32 Å². The van der Waals surface area contributed by atoms with Crippen LogP contribution in [0.2, 0.25) is 0 Å². The van der Waals surface area contributed by atoms with Gasteiger partial charge in [-0.25, -0.2) is 0 Å². The lowest BCUT2D eigenvalue weighted by molar-refractivity contribution is -0.143. The second-order valence-electron chi connectivity index (χ2n) is 6.20. The van der Waals surface area contributed by atoms with Crippen LogP contribution in [0.1, 0.15) is 44.6 Å². The third-order valence-corrected chi connectivity index (χ3v) is 4.87. The van der Waals surface area contributed by atoms with Crippen molar-refractivity contribution >= 4 is 5.91 Å². The molecule has 1 saturated carbocycles. The Labute approximate surface area is 126 Å². The number of aliphatic hydroxyl groups is 1. The lowest BCUT2D eigenvalue weighted by Gasteiger charge is -2.41. The summed E-state index contributed by atoms with van der Waals surface area (Å²) in [4.78, 5) is 12.4. The summed E-state index contributed by atoms with van der Waals surface area (Å²) >= 11 is 0. The first kappa shape index (κ1) is 16.0. The molecule has 2 N–H and O–H groups in total. The van der Waals surface area contributed by atoms with Gasteiger partial charge in [0.25, 0.3) is 5.91 Å². The van der Waals surface area contributed by atoms with Crippen molar-refractivity contribution in [2.24, 2.45) is 0 Å². The zero-order chi connectivity index (χ0) is 15.5. The Hall–Kier alpha value is -1.39. The lowest BCUT2D eigenvalue weighted by atomic mass is 9.79. The molecule has 4 heteroatoms. The van der Waals surface area contributed by atoms with Gasteiger partial charge in [0.15, 0.2) is 0 Å². The van der Waals surface area contributed by atoms with Crippen LogP contribution in [0.25, 0.3) is 0 Å². The number of methoxy groups -OCH3 is 1. The molecule has 1 aromatic rings. The second-order valence-corrected chi connectivity index (χ2v) is 6.20. The van der Waals surface area contributed by atoms with Crippen molar-refractivity contribution in [3.63, 3.8) is 0 Å². The molecule has 0 spiro atoms. The van der Waals surface area contributed by atoms with E-state index in [-0.39, 0.29) is 17.4 Å². The van der Waals surface area contributed by atoms with E-state index >= 15 is 0 Å². The van der Waals surface area contributed by atoms with Gasteiger partial charge in [-0.2, -0.15) is 0 Å². The number of ether oxygens (including phenoxy) is 1. The molecular formula is C17H25NO3. The quantitative estimate of drug-likeness (QED) is 0.845. The zero-order valence-corrected chi connectivity index (χ0v) is 13.1. The van der Waals surface area contributed by atoms with Crippen molar-refractivity contribution in [2.45, 2.75) is 50.2 Å². The number of carbonyl (C=O) groups excluding carboxylic acids is 1. The Balaban J connectivity index is 1.99. The minimum Gasteiger partial charge on any atom is -0.380 e. The van der Waals surface area contributed by atoms with Gasteiger partial charge >= 0.3 is 0 Å². The Morgan fingerprint density at radius 1 is 1.43 bits per heavy atom. The van der Waals surface area contributed by atoms with Gasteiger partial charge in [0.1, 0.15) is 5.60 Å². The molecule has 21 heavy (non-hydrogen) atoms. The molecule has 0 aromatic heterocycles. The molecule has 1 fully saturated rings. The van der Waals surface area contributed by atoms with Crippen LogP contribution >= 0.6 is 0 Å². The summed E-state index contributed by atoms with van der Waals surface area (Å²) in [5, 5.41) is 13.5. The highest BCUT2D eigenvalue weighted by Crippen LogP contribution is 2.34. The first-order valence-corrected chi connectivity index (χ1v) is 7.52. The molecule has 1 aromatic carbocycles. The predicted molar refractivity (Wildman–Crippen MR) is 82.1 cm³/mol. The number of amides is 1. The van der Waals surface area contributed by atoms with E-state index in [1.807, 2.05) is 37.3 Å². The maximum Gasteiger partial charge on any atom is 0.252 e. The van der Waals surface area contributed by atoms with E-state index in [1.165, 1.54) is 0 Å². The first-order chi connectivity index (χ1) is 9.91. The van der Waals surface area contributed by atoms with Gasteiger partial charge in [0, 0.05) is 19.6 Å². The Morgan fingerprint density at radius 3 is 2.52 bits per heavy atom. The second kappa shape index (κ2) is 6.16. The number of hydrogen-bond donors (Lipinski definition) is 2. The van der Waals surface area contributed by atoms with Crippen molar-refractivity contribution < 1.29 is 14.6 Å². The van der Waals surface area contributed by atoms with E-state index in [0.717, 1.165) is 24.8 Å². The standard InChI is InChI=1S/C17H25NO3/c1-13(14-8-5-4-6-9-14)16(2,20)15(19)18-12-17(21-3)10-7-11-17/h4-6,8-9,13,20H,7,10-12H2,1-3H3,(H,18,19)/t13-,16-/m1/s1. The molecule has 1 amide bonds. The molecule has 0 bridgehead atoms. The molecule has 1 aliphatic carbocycles. The molecule has 0 aliphatic heterocycles. The van der Waals surface area contributed by atoms with E-state index in [2.05, 4.69) is 5.32 Å². The van der Waals surface area contributed by atoms with E-state index < -0.39 is 5.60 Å². The van der Waals surface area contributed by atoms with Crippen molar-refractivity contribution in [2.75, 3.05) is 13.7 Å². The van der Waals surface area contributed by atoms with Gasteiger partial charge in [-0.1, -0.05) is 37.3 Å². The lowest BCUT2D eigenvalue weighted by Crippen LogP contribution is -2.55. The number of hydrogen-bond acceptors (Lipinski definition) is 3. The third-order valence-electron chi connectivity index (χ3n) is 4.87. The van der Waals surface area contributed by atoms with E-state index in [4.69, 9.17) is 4.74 Å². The Bertz CT molecular complexity index is 475. The molecule has 2 rings (SSSR count). The van der Waals surface area contributed by atoms with E-state index in [9.17, 15) is 9.90 Å². The summed E-state index contributed by atoms with van der Waals surface area (Å²) < 4.78 is 5.49. The number of nitrogens with one attached hydrogen (secondary N) is 1. The summed E-state index contributed by atoms with van der Waals surface area (Å²) in [6.07, 6.45) is 3.04. The highest BCUT2D eigenvalue weighted by atomic mass is 16.5. The minimum atomic E-state index is -1.44. The molecule has 2 atom stereocenters. The van der Waals surface area contributed by atoms with Crippen LogP contribution in [0.3, 0.4) is 0 Å². The van der Waals surface area contributed by atoms with Gasteiger partial charge < -0.3 is 15.2 Å². The van der Waals surface area contributed by atoms with Gasteiger partial charge in [-0.05, 0) is 31.7 Å². The van der Waals surface area contributed by atoms with Crippen molar-refractivity contribution in [1.82, 2.24) is 5.32 Å². The normalized spacial score (nSPS) is 21.0. The molecule has 0 heterocycles. The molecule has 4 nitrogen and oxygen atoms in total. The Kier molecular flexibility index (Phi) is 4.69. The summed E-state index contributed by atoms with van der Waals surface area (Å²) in [6.45, 7) is 3.89. The summed E-state index contributed by atoms with van der Waals surface area (Å²) in [5.41, 5.74) is -0.732. The number of rotatable bonds is 6. The molecular weight excluding hydrogens is 266 g/mol. The topological polar surface area (TPSA) is 58.6 Å². The maximum atomic E-state index is 12.4. The fourth-order valence-electron chi connectivity index (χ4n) is 2.71. The van der Waals surface area contributed by atoms with Crippen molar-refractivity contribution in [3.05, 3.63) is 35.9 Å². The van der Waals surface area contributed by atoms with Gasteiger partial charge in [0.2, 0.25) is 0 Å². The van der Waals surface area contributed by atoms with Gasteiger partial charge in [0.05, 0.1) is 5.60 Å². The van der Waals surface area contributed by atoms with Crippen molar-refractivity contribution in [1.29, 1.82) is 0 Å². The smallest absolute Gasteiger partial charge is 0.252 e. The maximum absolute atomic E-state index is 12.4. The van der Waals surface area contributed by atoms with Crippen LogP contribution in [0.4, 0.5) is 0 Å². The van der Waals surface area contributed by atoms with Crippen LogP contribution in [0.15, 0.2) is 30.3 Å². The predicted octanol–water partition coefficient (Wildman–Crippen LogP) is 2.23. The largest absolute Gasteiger partial charge is 0.380 e. The summed E-state index contributed by atoms with van der Waals surface area (Å²) in [7, 11) is 1.68. The number of benzene rings is 1. The van der Waals surface area contributed by atoms with Crippen LogP contribution in [0.5, 0.6) is 0 Å². The minimum absolute atomic E-state index is 0.234. The van der Waals surface area contributed by atoms with Crippen LogP contribution in [-0.4, -0.2) is 35.9 Å². The van der Waals surface area contributed by atoms with E-state index in [0.29, 0.717) is 6.54 Å². The fourth-order valence-corrected chi connectivity index (χ4v) is 2.71. The molecule has 116 valence electrons. The highest BCUT2D eigenvalue weighted by molar-refractivity contribution is 5.85. The number of carbonyl (C=O) groups is 1. The monoisotopic (exact) mass is 291 g/mol. The third kappa shape index (κ3) is 3.27. The molecule has 1 aliphatic rings. The molecule has 0 radical (unpaired) electrons. The SMILES string of the molecule is COC1(CNC(=O)[C@](C)(O)[C@H](C)c2ccccc2)CCC1. The summed E-state index contributed by atoms with van der Waals surface area (Å²) in [6, 6.07) is 9.59. The Morgan fingerprint density at radius 2 is 2.05 bits per heavy atom. The summed E-state index contributed by atoms with van der Waals surface area (Å²) in [5.74, 6) is -0.624. The van der Waals surface area contributed by atoms with Crippen LogP contribution in [-0.2, 0) is 9.53 Å². The van der Waals surface area contributed by atoms with Crippen LogP contribution in [0, 0.1) is 0 Å².